The Morgan fingerprint density at radius 1 is 1.20 bits per heavy atom. The molecule has 0 aliphatic heterocycles. The lowest BCUT2D eigenvalue weighted by Crippen LogP contribution is -2.38. The summed E-state index contributed by atoms with van der Waals surface area (Å²) in [5.74, 6) is 0. The van der Waals surface area contributed by atoms with Crippen LogP contribution in [0, 0.1) is 0 Å². The van der Waals surface area contributed by atoms with Crippen LogP contribution in [-0.2, 0) is 4.79 Å². The molecule has 2 unspecified atom stereocenters. The van der Waals surface area contributed by atoms with Gasteiger partial charge in [0.15, 0.2) is 0 Å². The van der Waals surface area contributed by atoms with E-state index in [0.29, 0.717) is 12.1 Å². The van der Waals surface area contributed by atoms with E-state index in [1.165, 1.54) is 12.8 Å². The molecule has 0 saturated carbocycles. The van der Waals surface area contributed by atoms with Crippen molar-refractivity contribution in [1.82, 2.24) is 16.0 Å². The molecule has 0 spiro atoms. The number of rotatable bonds is 13. The molecule has 1 amide bonds. The van der Waals surface area contributed by atoms with Gasteiger partial charge in [0.25, 0.3) is 0 Å². The maximum atomic E-state index is 10.6. The van der Waals surface area contributed by atoms with Crippen molar-refractivity contribution < 1.29 is 4.79 Å². The van der Waals surface area contributed by atoms with Crippen LogP contribution in [0.2, 0.25) is 0 Å². The summed E-state index contributed by atoms with van der Waals surface area (Å²) in [7, 11) is 0. The van der Waals surface area contributed by atoms with Crippen molar-refractivity contribution in [3.8, 4) is 0 Å². The first-order valence-electron chi connectivity index (χ1n) is 7.89. The highest BCUT2D eigenvalue weighted by molar-refractivity contribution is 5.47. The van der Waals surface area contributed by atoms with Gasteiger partial charge in [-0.1, -0.05) is 40.2 Å². The molecule has 3 N–H and O–H groups in total. The number of hydrogen-bond acceptors (Lipinski definition) is 3. The molecular formula is C16H33N3O. The van der Waals surface area contributed by atoms with Crippen LogP contribution in [0.4, 0.5) is 0 Å². The molecule has 0 aromatic carbocycles. The predicted octanol–water partition coefficient (Wildman–Crippen LogP) is 2.56. The third-order valence-electron chi connectivity index (χ3n) is 3.32. The van der Waals surface area contributed by atoms with E-state index in [1.807, 2.05) is 0 Å². The van der Waals surface area contributed by atoms with Gasteiger partial charge in [-0.15, -0.1) is 0 Å². The van der Waals surface area contributed by atoms with Gasteiger partial charge >= 0.3 is 0 Å². The van der Waals surface area contributed by atoms with Crippen LogP contribution >= 0.6 is 0 Å². The Labute approximate surface area is 124 Å². The summed E-state index contributed by atoms with van der Waals surface area (Å²) < 4.78 is 0. The fourth-order valence-electron chi connectivity index (χ4n) is 2.18. The zero-order chi connectivity index (χ0) is 15.4. The summed E-state index contributed by atoms with van der Waals surface area (Å²) in [5, 5.41) is 9.66. The second kappa shape index (κ2) is 11.8. The van der Waals surface area contributed by atoms with Gasteiger partial charge in [0.1, 0.15) is 0 Å². The van der Waals surface area contributed by atoms with Crippen molar-refractivity contribution >= 4 is 6.41 Å². The van der Waals surface area contributed by atoms with Crippen LogP contribution in [0.5, 0.6) is 0 Å². The van der Waals surface area contributed by atoms with Gasteiger partial charge < -0.3 is 16.0 Å². The molecule has 4 heteroatoms. The number of carbonyl (C=O) groups is 1. The minimum atomic E-state index is 0.0440. The largest absolute Gasteiger partial charge is 0.385 e. The zero-order valence-corrected chi connectivity index (χ0v) is 13.7. The number of nitrogens with one attached hydrogen (secondary N) is 3. The highest BCUT2D eigenvalue weighted by atomic mass is 16.1. The van der Waals surface area contributed by atoms with E-state index in [2.05, 4.69) is 50.2 Å². The normalized spacial score (nSPS) is 13.8. The highest BCUT2D eigenvalue weighted by Gasteiger charge is 2.12. The lowest BCUT2D eigenvalue weighted by molar-refractivity contribution is -0.110. The van der Waals surface area contributed by atoms with Crippen LogP contribution in [0.1, 0.15) is 59.8 Å². The van der Waals surface area contributed by atoms with Crippen molar-refractivity contribution in [1.29, 1.82) is 0 Å². The summed E-state index contributed by atoms with van der Waals surface area (Å²) in [4.78, 5) is 10.6. The Morgan fingerprint density at radius 3 is 2.45 bits per heavy atom. The van der Waals surface area contributed by atoms with Crippen LogP contribution in [0.25, 0.3) is 0 Å². The number of hydrogen-bond donors (Lipinski definition) is 3. The van der Waals surface area contributed by atoms with Gasteiger partial charge in [-0.2, -0.15) is 0 Å². The van der Waals surface area contributed by atoms with Crippen molar-refractivity contribution in [2.24, 2.45) is 0 Å². The fourth-order valence-corrected chi connectivity index (χ4v) is 2.18. The topological polar surface area (TPSA) is 53.2 Å². The van der Waals surface area contributed by atoms with Crippen LogP contribution in [0.15, 0.2) is 12.3 Å². The van der Waals surface area contributed by atoms with Crippen LogP contribution in [-0.4, -0.2) is 31.1 Å². The van der Waals surface area contributed by atoms with Gasteiger partial charge in [0, 0.05) is 17.8 Å². The molecule has 0 radical (unpaired) electrons. The molecule has 0 aromatic rings. The van der Waals surface area contributed by atoms with E-state index in [0.717, 1.165) is 37.9 Å². The van der Waals surface area contributed by atoms with Crippen LogP contribution in [0.3, 0.4) is 0 Å². The Kier molecular flexibility index (Phi) is 11.2. The molecule has 0 aromatic heterocycles. The second-order valence-corrected chi connectivity index (χ2v) is 5.80. The SMILES string of the molecule is C=C(NC(C)CCCCNC(C)C)C(CCC)NC=O. The van der Waals surface area contributed by atoms with Gasteiger partial charge in [0.05, 0.1) is 6.04 Å². The second-order valence-electron chi connectivity index (χ2n) is 5.80. The molecule has 0 heterocycles. The van der Waals surface area contributed by atoms with E-state index >= 15 is 0 Å². The summed E-state index contributed by atoms with van der Waals surface area (Å²) in [6.45, 7) is 13.8. The molecule has 20 heavy (non-hydrogen) atoms. The van der Waals surface area contributed by atoms with E-state index in [9.17, 15) is 4.79 Å². The molecule has 0 aliphatic carbocycles. The van der Waals surface area contributed by atoms with Crippen LogP contribution < -0.4 is 16.0 Å². The standard InChI is InChI=1S/C16H33N3O/c1-6-9-16(18-12-20)15(5)19-14(4)10-7-8-11-17-13(2)3/h12-14,16-17,19H,5-11H2,1-4H3,(H,18,20). The highest BCUT2D eigenvalue weighted by Crippen LogP contribution is 2.07. The monoisotopic (exact) mass is 283 g/mol. The Bertz CT molecular complexity index is 266. The summed E-state index contributed by atoms with van der Waals surface area (Å²) in [6.07, 6.45) is 6.23. The van der Waals surface area contributed by atoms with Crippen molar-refractivity contribution in [3.63, 3.8) is 0 Å². The maximum absolute atomic E-state index is 10.6. The van der Waals surface area contributed by atoms with E-state index in [-0.39, 0.29) is 6.04 Å². The smallest absolute Gasteiger partial charge is 0.207 e. The minimum absolute atomic E-state index is 0.0440. The van der Waals surface area contributed by atoms with Gasteiger partial charge in [-0.3, -0.25) is 4.79 Å². The maximum Gasteiger partial charge on any atom is 0.207 e. The van der Waals surface area contributed by atoms with Crippen molar-refractivity contribution in [2.45, 2.75) is 77.9 Å². The van der Waals surface area contributed by atoms with E-state index in [1.54, 1.807) is 0 Å². The fraction of sp³-hybridized carbons (Fsp3) is 0.812. The minimum Gasteiger partial charge on any atom is -0.385 e. The first-order valence-corrected chi connectivity index (χ1v) is 7.89. The lowest BCUT2D eigenvalue weighted by Gasteiger charge is -2.23. The predicted molar refractivity (Wildman–Crippen MR) is 86.6 cm³/mol. The van der Waals surface area contributed by atoms with Gasteiger partial charge in [0.2, 0.25) is 6.41 Å². The zero-order valence-electron chi connectivity index (χ0n) is 13.7. The molecular weight excluding hydrogens is 250 g/mol. The average molecular weight is 283 g/mol. The summed E-state index contributed by atoms with van der Waals surface area (Å²) >= 11 is 0. The quantitative estimate of drug-likeness (QED) is 0.360. The molecule has 2 atom stereocenters. The molecule has 0 rings (SSSR count). The number of carbonyl (C=O) groups excluding carboxylic acids is 1. The van der Waals surface area contributed by atoms with Crippen molar-refractivity contribution in [3.05, 3.63) is 12.3 Å². The Balaban J connectivity index is 3.84. The third kappa shape index (κ3) is 9.84. The average Bonchev–Trinajstić information content (AvgIpc) is 2.37. The third-order valence-corrected chi connectivity index (χ3v) is 3.32. The first-order chi connectivity index (χ1) is 9.51. The summed E-state index contributed by atoms with van der Waals surface area (Å²) in [6, 6.07) is 1.01. The number of unbranched alkanes of at least 4 members (excludes halogenated alkanes) is 1. The number of amides is 1. The van der Waals surface area contributed by atoms with Crippen molar-refractivity contribution in [2.75, 3.05) is 6.54 Å². The molecule has 118 valence electrons. The molecule has 4 nitrogen and oxygen atoms in total. The first kappa shape index (κ1) is 19.0. The van der Waals surface area contributed by atoms with E-state index in [4.69, 9.17) is 0 Å². The van der Waals surface area contributed by atoms with E-state index < -0.39 is 0 Å². The molecule has 0 bridgehead atoms. The Hall–Kier alpha value is -1.03. The van der Waals surface area contributed by atoms with Gasteiger partial charge in [-0.25, -0.2) is 0 Å². The molecule has 0 fully saturated rings. The lowest BCUT2D eigenvalue weighted by atomic mass is 10.1. The van der Waals surface area contributed by atoms with Gasteiger partial charge in [-0.05, 0) is 32.7 Å². The Morgan fingerprint density at radius 2 is 1.90 bits per heavy atom. The molecule has 0 saturated heterocycles. The molecule has 0 aliphatic rings. The summed E-state index contributed by atoms with van der Waals surface area (Å²) in [5.41, 5.74) is 0.923.